The Bertz CT molecular complexity index is 915. The molecule has 3 aromatic rings. The number of carbonyl (C=O) groups is 1. The van der Waals surface area contributed by atoms with Crippen molar-refractivity contribution >= 4 is 11.6 Å². The fraction of sp³-hybridized carbons (Fsp3) is 0.0667. The van der Waals surface area contributed by atoms with Crippen molar-refractivity contribution in [2.75, 3.05) is 0 Å². The largest absolute Gasteiger partial charge is 0.476 e. The summed E-state index contributed by atoms with van der Waals surface area (Å²) in [5.74, 6) is -2.03. The van der Waals surface area contributed by atoms with Gasteiger partial charge in [0.2, 0.25) is 0 Å². The molecule has 3 rings (SSSR count). The monoisotopic (exact) mass is 324 g/mol. The molecule has 8 heteroatoms. The third-order valence-electron chi connectivity index (χ3n) is 3.23. The number of imidazole rings is 1. The summed E-state index contributed by atoms with van der Waals surface area (Å²) in [5, 5.41) is 8.90. The molecule has 0 aliphatic rings. The summed E-state index contributed by atoms with van der Waals surface area (Å²) in [6.45, 7) is 0. The molecule has 2 heterocycles. The number of aromatic nitrogens is 2. The Morgan fingerprint density at radius 3 is 2.48 bits per heavy atom. The number of benzene rings is 1. The SMILES string of the molecule is O=C(O)c1cn2cc(-c3cccc(F)c3)cc(C(F)(F)F)c2n1. The second-order valence-electron chi connectivity index (χ2n) is 4.81. The lowest BCUT2D eigenvalue weighted by Gasteiger charge is -2.11. The van der Waals surface area contributed by atoms with E-state index in [0.29, 0.717) is 0 Å². The van der Waals surface area contributed by atoms with Gasteiger partial charge < -0.3 is 9.51 Å². The summed E-state index contributed by atoms with van der Waals surface area (Å²) >= 11 is 0. The van der Waals surface area contributed by atoms with Crippen molar-refractivity contribution in [2.24, 2.45) is 0 Å². The Morgan fingerprint density at radius 1 is 1.13 bits per heavy atom. The van der Waals surface area contributed by atoms with Gasteiger partial charge in [0.25, 0.3) is 0 Å². The van der Waals surface area contributed by atoms with Gasteiger partial charge in [0, 0.05) is 12.4 Å². The van der Waals surface area contributed by atoms with E-state index in [2.05, 4.69) is 4.98 Å². The first-order valence-electron chi connectivity index (χ1n) is 6.35. The molecule has 0 amide bonds. The number of aromatic carboxylic acids is 1. The average Bonchev–Trinajstić information content (AvgIpc) is 2.89. The summed E-state index contributed by atoms with van der Waals surface area (Å²) in [7, 11) is 0. The number of carboxylic acids is 1. The average molecular weight is 324 g/mol. The molecule has 118 valence electrons. The second kappa shape index (κ2) is 5.08. The minimum absolute atomic E-state index is 0.0960. The number of nitrogens with zero attached hydrogens (tertiary/aromatic N) is 2. The standard InChI is InChI=1S/C15H8F4N2O2/c16-10-3-1-2-8(4-10)9-5-11(15(17,18)19)13-20-12(14(22)23)7-21(13)6-9/h1-7H,(H,22,23). The van der Waals surface area contributed by atoms with E-state index in [4.69, 9.17) is 5.11 Å². The highest BCUT2D eigenvalue weighted by Gasteiger charge is 2.35. The van der Waals surface area contributed by atoms with Crippen LogP contribution in [0.2, 0.25) is 0 Å². The Balaban J connectivity index is 2.31. The molecule has 0 radical (unpaired) electrons. The number of halogens is 4. The maximum atomic E-state index is 13.3. The van der Waals surface area contributed by atoms with E-state index < -0.39 is 34.9 Å². The van der Waals surface area contributed by atoms with Crippen molar-refractivity contribution in [3.8, 4) is 11.1 Å². The maximum absolute atomic E-state index is 13.3. The number of hydrogen-bond donors (Lipinski definition) is 1. The van der Waals surface area contributed by atoms with E-state index in [0.717, 1.165) is 22.7 Å². The first-order chi connectivity index (χ1) is 10.8. The van der Waals surface area contributed by atoms with Crippen molar-refractivity contribution in [2.45, 2.75) is 6.18 Å². The topological polar surface area (TPSA) is 54.6 Å². The second-order valence-corrected chi connectivity index (χ2v) is 4.81. The van der Waals surface area contributed by atoms with Crippen LogP contribution in [0.1, 0.15) is 16.1 Å². The molecule has 0 unspecified atom stereocenters. The molecule has 0 spiro atoms. The zero-order valence-corrected chi connectivity index (χ0v) is 11.3. The predicted octanol–water partition coefficient (Wildman–Crippen LogP) is 3.86. The van der Waals surface area contributed by atoms with Gasteiger partial charge in [-0.25, -0.2) is 14.2 Å². The van der Waals surface area contributed by atoms with E-state index in [1.807, 2.05) is 0 Å². The summed E-state index contributed by atoms with van der Waals surface area (Å²) in [5.41, 5.74) is -1.78. The van der Waals surface area contributed by atoms with Gasteiger partial charge in [-0.15, -0.1) is 0 Å². The van der Waals surface area contributed by atoms with Crippen LogP contribution in [0.4, 0.5) is 17.6 Å². The highest BCUT2D eigenvalue weighted by atomic mass is 19.4. The maximum Gasteiger partial charge on any atom is 0.420 e. The summed E-state index contributed by atoms with van der Waals surface area (Å²) in [6, 6.07) is 5.92. The van der Waals surface area contributed by atoms with Gasteiger partial charge in [-0.3, -0.25) is 0 Å². The van der Waals surface area contributed by atoms with Crippen LogP contribution in [0.5, 0.6) is 0 Å². The van der Waals surface area contributed by atoms with Crippen LogP contribution in [-0.2, 0) is 6.18 Å². The number of alkyl halides is 3. The highest BCUT2D eigenvalue weighted by Crippen LogP contribution is 2.35. The summed E-state index contributed by atoms with van der Waals surface area (Å²) in [6.07, 6.45) is -2.47. The van der Waals surface area contributed by atoms with Gasteiger partial charge in [-0.1, -0.05) is 12.1 Å². The van der Waals surface area contributed by atoms with Crippen LogP contribution in [-0.4, -0.2) is 20.5 Å². The smallest absolute Gasteiger partial charge is 0.420 e. The molecular weight excluding hydrogens is 316 g/mol. The van der Waals surface area contributed by atoms with Crippen LogP contribution >= 0.6 is 0 Å². The molecule has 23 heavy (non-hydrogen) atoms. The molecule has 1 N–H and O–H groups in total. The van der Waals surface area contributed by atoms with Gasteiger partial charge in [-0.05, 0) is 29.3 Å². The number of rotatable bonds is 2. The molecule has 0 saturated carbocycles. The lowest BCUT2D eigenvalue weighted by Crippen LogP contribution is -2.08. The zero-order chi connectivity index (χ0) is 16.8. The number of hydrogen-bond acceptors (Lipinski definition) is 2. The van der Waals surface area contributed by atoms with Crippen LogP contribution in [0, 0.1) is 5.82 Å². The molecule has 0 fully saturated rings. The van der Waals surface area contributed by atoms with Crippen molar-refractivity contribution in [1.29, 1.82) is 0 Å². The summed E-state index contributed by atoms with van der Waals surface area (Å²) in [4.78, 5) is 14.4. The van der Waals surface area contributed by atoms with E-state index in [-0.39, 0.29) is 11.1 Å². The number of pyridine rings is 1. The molecule has 1 aromatic carbocycles. The quantitative estimate of drug-likeness (QED) is 0.728. The molecule has 0 atom stereocenters. The normalized spacial score (nSPS) is 11.8. The minimum Gasteiger partial charge on any atom is -0.476 e. The fourth-order valence-corrected chi connectivity index (χ4v) is 2.24. The summed E-state index contributed by atoms with van der Waals surface area (Å²) < 4.78 is 54.0. The van der Waals surface area contributed by atoms with E-state index in [9.17, 15) is 22.4 Å². The van der Waals surface area contributed by atoms with E-state index in [1.165, 1.54) is 24.4 Å². The minimum atomic E-state index is -4.73. The van der Waals surface area contributed by atoms with E-state index in [1.54, 1.807) is 0 Å². The van der Waals surface area contributed by atoms with Crippen molar-refractivity contribution in [3.63, 3.8) is 0 Å². The van der Waals surface area contributed by atoms with Crippen molar-refractivity contribution in [1.82, 2.24) is 9.38 Å². The van der Waals surface area contributed by atoms with Gasteiger partial charge in [0.15, 0.2) is 5.69 Å². The molecule has 0 bridgehead atoms. The van der Waals surface area contributed by atoms with E-state index >= 15 is 0 Å². The van der Waals surface area contributed by atoms with Gasteiger partial charge in [-0.2, -0.15) is 13.2 Å². The third kappa shape index (κ3) is 2.75. The van der Waals surface area contributed by atoms with Gasteiger partial charge >= 0.3 is 12.1 Å². The van der Waals surface area contributed by atoms with Crippen LogP contribution < -0.4 is 0 Å². The molecule has 4 nitrogen and oxygen atoms in total. The number of fused-ring (bicyclic) bond motifs is 1. The highest BCUT2D eigenvalue weighted by molar-refractivity contribution is 5.86. The van der Waals surface area contributed by atoms with Crippen LogP contribution in [0.25, 0.3) is 16.8 Å². The lowest BCUT2D eigenvalue weighted by atomic mass is 10.1. The Morgan fingerprint density at radius 2 is 1.87 bits per heavy atom. The molecule has 0 aliphatic heterocycles. The van der Waals surface area contributed by atoms with Gasteiger partial charge in [0.1, 0.15) is 11.5 Å². The van der Waals surface area contributed by atoms with Gasteiger partial charge in [0.05, 0.1) is 5.56 Å². The van der Waals surface area contributed by atoms with Crippen LogP contribution in [0.3, 0.4) is 0 Å². The molecule has 0 saturated heterocycles. The zero-order valence-electron chi connectivity index (χ0n) is 11.3. The molecular formula is C15H8F4N2O2. The Hall–Kier alpha value is -2.90. The number of carboxylic acid groups (broad SMARTS) is 1. The van der Waals surface area contributed by atoms with Crippen molar-refractivity contribution < 1.29 is 27.5 Å². The third-order valence-corrected chi connectivity index (χ3v) is 3.23. The molecule has 2 aromatic heterocycles. The predicted molar refractivity (Wildman–Crippen MR) is 72.5 cm³/mol. The fourth-order valence-electron chi connectivity index (χ4n) is 2.24. The van der Waals surface area contributed by atoms with Crippen molar-refractivity contribution in [3.05, 3.63) is 59.8 Å². The Labute approximate surface area is 126 Å². The molecule has 0 aliphatic carbocycles. The first kappa shape index (κ1) is 15.0. The van der Waals surface area contributed by atoms with Crippen LogP contribution in [0.15, 0.2) is 42.7 Å². The first-order valence-corrected chi connectivity index (χ1v) is 6.35. The lowest BCUT2D eigenvalue weighted by molar-refractivity contribution is -0.136. The Kier molecular flexibility index (Phi) is 3.32.